The third-order valence-corrected chi connectivity index (χ3v) is 3.64. The van der Waals surface area contributed by atoms with Crippen LogP contribution in [0.25, 0.3) is 5.82 Å². The number of hydrogen-bond donors (Lipinski definition) is 1. The van der Waals surface area contributed by atoms with Gasteiger partial charge in [-0.3, -0.25) is 0 Å². The summed E-state index contributed by atoms with van der Waals surface area (Å²) in [5.41, 5.74) is 3.09. The molecule has 0 fully saturated rings. The zero-order valence-electron chi connectivity index (χ0n) is 13.3. The van der Waals surface area contributed by atoms with Gasteiger partial charge < -0.3 is 5.32 Å². The third kappa shape index (κ3) is 4.05. The molecule has 0 bridgehead atoms. The Kier molecular flexibility index (Phi) is 5.01. The molecule has 0 saturated heterocycles. The fraction of sp³-hybridized carbons (Fsp3) is 0.500. The first-order valence-corrected chi connectivity index (χ1v) is 7.71. The monoisotopic (exact) mass is 306 g/mol. The van der Waals surface area contributed by atoms with Crippen LogP contribution < -0.4 is 5.32 Å². The van der Waals surface area contributed by atoms with Gasteiger partial charge in [-0.1, -0.05) is 39.3 Å². The molecule has 0 aromatic carbocycles. The van der Waals surface area contributed by atoms with Crippen molar-refractivity contribution in [2.45, 2.75) is 53.1 Å². The molecule has 0 aliphatic carbocycles. The standard InChI is InChI=1S/C16H23ClN4/c1-10(2)15-6-13(8-18-11(3)4)7-16(19-15)21-9-14(17)12(5)20-21/h6-7,9-11,18H,8H2,1-5H3. The second kappa shape index (κ2) is 6.58. The van der Waals surface area contributed by atoms with Crippen LogP contribution in [0.15, 0.2) is 18.3 Å². The van der Waals surface area contributed by atoms with E-state index < -0.39 is 0 Å². The number of rotatable bonds is 5. The highest BCUT2D eigenvalue weighted by atomic mass is 35.5. The Morgan fingerprint density at radius 3 is 2.48 bits per heavy atom. The topological polar surface area (TPSA) is 42.7 Å². The van der Waals surface area contributed by atoms with Crippen molar-refractivity contribution in [1.29, 1.82) is 0 Å². The Balaban J connectivity index is 2.39. The maximum Gasteiger partial charge on any atom is 0.153 e. The molecule has 21 heavy (non-hydrogen) atoms. The van der Waals surface area contributed by atoms with Crippen molar-refractivity contribution >= 4 is 11.6 Å². The molecule has 0 amide bonds. The number of nitrogens with one attached hydrogen (secondary N) is 1. The number of halogens is 1. The molecule has 2 rings (SSSR count). The molecule has 0 radical (unpaired) electrons. The third-order valence-electron chi connectivity index (χ3n) is 3.27. The lowest BCUT2D eigenvalue weighted by molar-refractivity contribution is 0.587. The molecule has 1 N–H and O–H groups in total. The molecular weight excluding hydrogens is 284 g/mol. The fourth-order valence-electron chi connectivity index (χ4n) is 1.99. The van der Waals surface area contributed by atoms with E-state index >= 15 is 0 Å². The van der Waals surface area contributed by atoms with Gasteiger partial charge >= 0.3 is 0 Å². The van der Waals surface area contributed by atoms with Gasteiger partial charge in [0.1, 0.15) is 0 Å². The van der Waals surface area contributed by atoms with E-state index in [1.807, 2.05) is 13.1 Å². The van der Waals surface area contributed by atoms with Gasteiger partial charge in [-0.25, -0.2) is 9.67 Å². The molecule has 0 unspecified atom stereocenters. The molecule has 0 spiro atoms. The molecule has 0 atom stereocenters. The van der Waals surface area contributed by atoms with Crippen molar-refractivity contribution in [1.82, 2.24) is 20.1 Å². The number of aryl methyl sites for hydroxylation is 1. The number of aromatic nitrogens is 3. The number of nitrogens with zero attached hydrogens (tertiary/aromatic N) is 3. The Morgan fingerprint density at radius 2 is 1.95 bits per heavy atom. The van der Waals surface area contributed by atoms with E-state index in [9.17, 15) is 0 Å². The van der Waals surface area contributed by atoms with E-state index in [1.54, 1.807) is 4.68 Å². The second-order valence-corrected chi connectivity index (χ2v) is 6.36. The van der Waals surface area contributed by atoms with E-state index in [0.29, 0.717) is 17.0 Å². The van der Waals surface area contributed by atoms with Gasteiger partial charge in [0.2, 0.25) is 0 Å². The summed E-state index contributed by atoms with van der Waals surface area (Å²) in [6.07, 6.45) is 1.81. The summed E-state index contributed by atoms with van der Waals surface area (Å²) < 4.78 is 1.75. The van der Waals surface area contributed by atoms with Gasteiger partial charge in [0.25, 0.3) is 0 Å². The van der Waals surface area contributed by atoms with Crippen molar-refractivity contribution in [3.8, 4) is 5.82 Å². The highest BCUT2D eigenvalue weighted by Gasteiger charge is 2.10. The minimum absolute atomic E-state index is 0.370. The van der Waals surface area contributed by atoms with Crippen molar-refractivity contribution < 1.29 is 0 Å². The van der Waals surface area contributed by atoms with Crippen LogP contribution in [0.2, 0.25) is 5.02 Å². The van der Waals surface area contributed by atoms with Crippen molar-refractivity contribution in [3.05, 3.63) is 40.3 Å². The maximum atomic E-state index is 6.10. The first kappa shape index (κ1) is 16.0. The molecule has 2 aromatic heterocycles. The van der Waals surface area contributed by atoms with E-state index in [1.165, 1.54) is 5.56 Å². The molecule has 0 aliphatic rings. The van der Waals surface area contributed by atoms with Gasteiger partial charge in [-0.15, -0.1) is 0 Å². The van der Waals surface area contributed by atoms with Crippen molar-refractivity contribution in [2.75, 3.05) is 0 Å². The lowest BCUT2D eigenvalue weighted by Gasteiger charge is -2.13. The van der Waals surface area contributed by atoms with Crippen LogP contribution in [0.1, 0.15) is 50.6 Å². The minimum Gasteiger partial charge on any atom is -0.310 e. The van der Waals surface area contributed by atoms with Crippen LogP contribution >= 0.6 is 11.6 Å². The van der Waals surface area contributed by atoms with Crippen molar-refractivity contribution in [3.63, 3.8) is 0 Å². The normalized spacial score (nSPS) is 11.6. The van der Waals surface area contributed by atoms with Gasteiger partial charge in [0.05, 0.1) is 16.9 Å². The average molecular weight is 307 g/mol. The quantitative estimate of drug-likeness (QED) is 0.912. The lowest BCUT2D eigenvalue weighted by atomic mass is 10.1. The van der Waals surface area contributed by atoms with Crippen LogP contribution in [-0.2, 0) is 6.54 Å². The van der Waals surface area contributed by atoms with Gasteiger partial charge in [0.15, 0.2) is 5.82 Å². The molecule has 2 aromatic rings. The largest absolute Gasteiger partial charge is 0.310 e. The SMILES string of the molecule is Cc1nn(-c2cc(CNC(C)C)cc(C(C)C)n2)cc1Cl. The summed E-state index contributed by atoms with van der Waals surface area (Å²) in [6, 6.07) is 4.66. The highest BCUT2D eigenvalue weighted by molar-refractivity contribution is 6.31. The van der Waals surface area contributed by atoms with E-state index in [2.05, 4.69) is 50.2 Å². The predicted octanol–water partition coefficient (Wildman–Crippen LogP) is 3.85. The summed E-state index contributed by atoms with van der Waals surface area (Å²) >= 11 is 6.10. The van der Waals surface area contributed by atoms with Gasteiger partial charge in [0, 0.05) is 18.3 Å². The van der Waals surface area contributed by atoms with E-state index in [4.69, 9.17) is 16.6 Å². The molecule has 2 heterocycles. The Bertz CT molecular complexity index is 597. The Morgan fingerprint density at radius 1 is 1.24 bits per heavy atom. The van der Waals surface area contributed by atoms with Crippen LogP contribution in [0.5, 0.6) is 0 Å². The number of hydrogen-bond acceptors (Lipinski definition) is 3. The lowest BCUT2D eigenvalue weighted by Crippen LogP contribution is -2.22. The summed E-state index contributed by atoms with van der Waals surface area (Å²) in [5, 5.41) is 8.52. The highest BCUT2D eigenvalue weighted by Crippen LogP contribution is 2.20. The Hall–Kier alpha value is -1.39. The summed E-state index contributed by atoms with van der Waals surface area (Å²) in [7, 11) is 0. The predicted molar refractivity (Wildman–Crippen MR) is 87.2 cm³/mol. The van der Waals surface area contributed by atoms with Crippen LogP contribution in [0, 0.1) is 6.92 Å². The average Bonchev–Trinajstić information content (AvgIpc) is 2.76. The molecule has 5 heteroatoms. The first-order chi connectivity index (χ1) is 9.86. The number of pyridine rings is 1. The molecule has 114 valence electrons. The zero-order chi connectivity index (χ0) is 15.6. The van der Waals surface area contributed by atoms with E-state index in [0.717, 1.165) is 23.8 Å². The second-order valence-electron chi connectivity index (χ2n) is 5.96. The molecule has 4 nitrogen and oxygen atoms in total. The molecule has 0 saturated carbocycles. The van der Waals surface area contributed by atoms with Crippen LogP contribution in [-0.4, -0.2) is 20.8 Å². The summed E-state index contributed by atoms with van der Waals surface area (Å²) in [6.45, 7) is 11.3. The summed E-state index contributed by atoms with van der Waals surface area (Å²) in [4.78, 5) is 4.70. The van der Waals surface area contributed by atoms with Gasteiger partial charge in [-0.2, -0.15) is 5.10 Å². The minimum atomic E-state index is 0.370. The van der Waals surface area contributed by atoms with Crippen LogP contribution in [0.4, 0.5) is 0 Å². The Labute approximate surface area is 131 Å². The molecule has 0 aliphatic heterocycles. The zero-order valence-corrected chi connectivity index (χ0v) is 14.1. The molecular formula is C16H23ClN4. The van der Waals surface area contributed by atoms with Crippen molar-refractivity contribution in [2.24, 2.45) is 0 Å². The fourth-order valence-corrected chi connectivity index (χ4v) is 2.12. The smallest absolute Gasteiger partial charge is 0.153 e. The summed E-state index contributed by atoms with van der Waals surface area (Å²) in [5.74, 6) is 1.19. The first-order valence-electron chi connectivity index (χ1n) is 7.33. The van der Waals surface area contributed by atoms with E-state index in [-0.39, 0.29) is 0 Å². The van der Waals surface area contributed by atoms with Crippen LogP contribution in [0.3, 0.4) is 0 Å². The maximum absolute atomic E-state index is 6.10. The van der Waals surface area contributed by atoms with Gasteiger partial charge in [-0.05, 0) is 30.5 Å².